The summed E-state index contributed by atoms with van der Waals surface area (Å²) in [6.45, 7) is 1.81. The Balaban J connectivity index is 1.77. The van der Waals surface area contributed by atoms with Gasteiger partial charge < -0.3 is 10.6 Å². The third-order valence-electron chi connectivity index (χ3n) is 4.30. The molecule has 3 rings (SSSR count). The van der Waals surface area contributed by atoms with Crippen LogP contribution < -0.4 is 10.6 Å². The predicted octanol–water partition coefficient (Wildman–Crippen LogP) is 3.77. The van der Waals surface area contributed by atoms with Crippen molar-refractivity contribution in [3.8, 4) is 0 Å². The largest absolute Gasteiger partial charge is 0.325 e. The van der Waals surface area contributed by atoms with Crippen molar-refractivity contribution in [3.05, 3.63) is 59.4 Å². The zero-order chi connectivity index (χ0) is 18.2. The first-order valence-electron chi connectivity index (χ1n) is 7.67. The first-order chi connectivity index (χ1) is 11.8. The Kier molecular flexibility index (Phi) is 4.24. The molecule has 1 fully saturated rings. The molecule has 4 nitrogen and oxygen atoms in total. The second-order valence-corrected chi connectivity index (χ2v) is 6.03. The number of carbonyl (C=O) groups is 2. The summed E-state index contributed by atoms with van der Waals surface area (Å²) in [7, 11) is 0. The van der Waals surface area contributed by atoms with Crippen molar-refractivity contribution in [2.75, 3.05) is 10.6 Å². The summed E-state index contributed by atoms with van der Waals surface area (Å²) in [6.07, 6.45) is 0.587. The van der Waals surface area contributed by atoms with E-state index in [0.717, 1.165) is 11.6 Å². The average Bonchev–Trinajstić information content (AvgIpc) is 3.39. The van der Waals surface area contributed by atoms with Crippen molar-refractivity contribution < 1.29 is 22.8 Å². The number of amides is 2. The molecule has 25 heavy (non-hydrogen) atoms. The van der Waals surface area contributed by atoms with Gasteiger partial charge in [0.15, 0.2) is 17.5 Å². The van der Waals surface area contributed by atoms with Crippen molar-refractivity contribution in [2.24, 2.45) is 5.41 Å². The number of para-hydroxylation sites is 1. The Hall–Kier alpha value is -2.83. The van der Waals surface area contributed by atoms with Crippen LogP contribution in [0.25, 0.3) is 0 Å². The molecular formula is C18H15F3N2O2. The summed E-state index contributed by atoms with van der Waals surface area (Å²) < 4.78 is 39.9. The standard InChI is InChI=1S/C18H15F3N2O2/c1-10-4-2-3-5-12(10)22-16(24)18(8-9-18)17(25)23-13-7-6-11(19)14(20)15(13)21/h2-7H,8-9H2,1H3,(H,22,24)(H,23,25). The summed E-state index contributed by atoms with van der Waals surface area (Å²) >= 11 is 0. The summed E-state index contributed by atoms with van der Waals surface area (Å²) in [5.41, 5.74) is -0.428. The van der Waals surface area contributed by atoms with Crippen LogP contribution in [0.15, 0.2) is 36.4 Å². The van der Waals surface area contributed by atoms with Crippen molar-refractivity contribution in [1.82, 2.24) is 0 Å². The number of hydrogen-bond donors (Lipinski definition) is 2. The van der Waals surface area contributed by atoms with E-state index in [1.165, 1.54) is 0 Å². The number of halogens is 3. The molecule has 0 bridgehead atoms. The van der Waals surface area contributed by atoms with E-state index >= 15 is 0 Å². The molecular weight excluding hydrogens is 333 g/mol. The minimum atomic E-state index is -1.67. The molecule has 0 saturated heterocycles. The molecule has 2 aromatic carbocycles. The Labute approximate surface area is 142 Å². The van der Waals surface area contributed by atoms with Crippen LogP contribution in [0.2, 0.25) is 0 Å². The maximum atomic E-state index is 13.7. The van der Waals surface area contributed by atoms with Gasteiger partial charge >= 0.3 is 0 Å². The summed E-state index contributed by atoms with van der Waals surface area (Å²) in [5, 5.41) is 4.87. The van der Waals surface area contributed by atoms with E-state index in [1.54, 1.807) is 12.1 Å². The van der Waals surface area contributed by atoms with Gasteiger partial charge in [0.2, 0.25) is 11.8 Å². The first kappa shape index (κ1) is 17.0. The zero-order valence-electron chi connectivity index (χ0n) is 13.3. The van der Waals surface area contributed by atoms with Crippen LogP contribution in [0.4, 0.5) is 24.5 Å². The van der Waals surface area contributed by atoms with Gasteiger partial charge in [-0.05, 0) is 43.5 Å². The number of aryl methyl sites for hydroxylation is 1. The Morgan fingerprint density at radius 3 is 2.08 bits per heavy atom. The van der Waals surface area contributed by atoms with Gasteiger partial charge in [0.25, 0.3) is 0 Å². The van der Waals surface area contributed by atoms with Crippen LogP contribution in [0, 0.1) is 29.8 Å². The van der Waals surface area contributed by atoms with Gasteiger partial charge in [0.1, 0.15) is 5.41 Å². The number of carbonyl (C=O) groups excluding carboxylic acids is 2. The lowest BCUT2D eigenvalue weighted by molar-refractivity contribution is -0.131. The molecule has 2 N–H and O–H groups in total. The lowest BCUT2D eigenvalue weighted by Gasteiger charge is -2.17. The lowest BCUT2D eigenvalue weighted by Crippen LogP contribution is -2.36. The number of anilines is 2. The molecule has 2 amide bonds. The Bertz CT molecular complexity index is 863. The highest BCUT2D eigenvalue weighted by Crippen LogP contribution is 2.47. The van der Waals surface area contributed by atoms with Crippen LogP contribution >= 0.6 is 0 Å². The Morgan fingerprint density at radius 2 is 1.48 bits per heavy atom. The molecule has 0 aromatic heterocycles. The normalized spacial score (nSPS) is 14.7. The molecule has 0 radical (unpaired) electrons. The summed E-state index contributed by atoms with van der Waals surface area (Å²) in [6, 6.07) is 8.71. The molecule has 1 saturated carbocycles. The van der Waals surface area contributed by atoms with Gasteiger partial charge in [0, 0.05) is 5.69 Å². The van der Waals surface area contributed by atoms with E-state index < -0.39 is 40.4 Å². The third-order valence-corrected chi connectivity index (χ3v) is 4.30. The van der Waals surface area contributed by atoms with E-state index in [2.05, 4.69) is 10.6 Å². The molecule has 0 spiro atoms. The van der Waals surface area contributed by atoms with E-state index in [0.29, 0.717) is 24.6 Å². The highest BCUT2D eigenvalue weighted by Gasteiger charge is 2.56. The van der Waals surface area contributed by atoms with Crippen LogP contribution in [-0.2, 0) is 9.59 Å². The maximum absolute atomic E-state index is 13.7. The predicted molar refractivity (Wildman–Crippen MR) is 86.4 cm³/mol. The molecule has 1 aliphatic carbocycles. The van der Waals surface area contributed by atoms with Crippen LogP contribution in [-0.4, -0.2) is 11.8 Å². The maximum Gasteiger partial charge on any atom is 0.240 e. The average molecular weight is 348 g/mol. The quantitative estimate of drug-likeness (QED) is 0.653. The third kappa shape index (κ3) is 3.09. The fourth-order valence-electron chi connectivity index (χ4n) is 2.50. The van der Waals surface area contributed by atoms with E-state index in [4.69, 9.17) is 0 Å². The molecule has 0 unspecified atom stereocenters. The molecule has 1 aliphatic rings. The smallest absolute Gasteiger partial charge is 0.240 e. The number of rotatable bonds is 4. The SMILES string of the molecule is Cc1ccccc1NC(=O)C1(C(=O)Nc2ccc(F)c(F)c2F)CC1. The molecule has 0 atom stereocenters. The van der Waals surface area contributed by atoms with E-state index in [1.807, 2.05) is 19.1 Å². The van der Waals surface area contributed by atoms with Crippen molar-refractivity contribution in [3.63, 3.8) is 0 Å². The monoisotopic (exact) mass is 348 g/mol. The lowest BCUT2D eigenvalue weighted by atomic mass is 10.0. The first-order valence-corrected chi connectivity index (χ1v) is 7.67. The van der Waals surface area contributed by atoms with Crippen LogP contribution in [0.1, 0.15) is 18.4 Å². The van der Waals surface area contributed by atoms with Crippen molar-refractivity contribution in [2.45, 2.75) is 19.8 Å². The molecule has 0 aliphatic heterocycles. The number of benzene rings is 2. The van der Waals surface area contributed by atoms with Gasteiger partial charge in [-0.15, -0.1) is 0 Å². The van der Waals surface area contributed by atoms with Crippen molar-refractivity contribution in [1.29, 1.82) is 0 Å². The topological polar surface area (TPSA) is 58.2 Å². The number of hydrogen-bond acceptors (Lipinski definition) is 2. The number of nitrogens with one attached hydrogen (secondary N) is 2. The summed E-state index contributed by atoms with van der Waals surface area (Å²) in [5.74, 6) is -5.78. The fraction of sp³-hybridized carbons (Fsp3) is 0.222. The van der Waals surface area contributed by atoms with Gasteiger partial charge in [0.05, 0.1) is 5.69 Å². The minimum absolute atomic E-state index is 0.293. The second kappa shape index (κ2) is 6.23. The van der Waals surface area contributed by atoms with Crippen LogP contribution in [0.5, 0.6) is 0 Å². The van der Waals surface area contributed by atoms with Gasteiger partial charge in [-0.1, -0.05) is 18.2 Å². The fourth-order valence-corrected chi connectivity index (χ4v) is 2.50. The van der Waals surface area contributed by atoms with Crippen LogP contribution in [0.3, 0.4) is 0 Å². The minimum Gasteiger partial charge on any atom is -0.325 e. The zero-order valence-corrected chi connectivity index (χ0v) is 13.3. The second-order valence-electron chi connectivity index (χ2n) is 6.03. The highest BCUT2D eigenvalue weighted by molar-refractivity contribution is 6.17. The van der Waals surface area contributed by atoms with E-state index in [-0.39, 0.29) is 0 Å². The molecule has 0 heterocycles. The molecule has 130 valence electrons. The van der Waals surface area contributed by atoms with Gasteiger partial charge in [-0.25, -0.2) is 13.2 Å². The van der Waals surface area contributed by atoms with Gasteiger partial charge in [-0.2, -0.15) is 0 Å². The molecule has 7 heteroatoms. The van der Waals surface area contributed by atoms with E-state index in [9.17, 15) is 22.8 Å². The van der Waals surface area contributed by atoms with Gasteiger partial charge in [-0.3, -0.25) is 9.59 Å². The molecule has 2 aromatic rings. The summed E-state index contributed by atoms with van der Waals surface area (Å²) in [4.78, 5) is 24.9. The Morgan fingerprint density at radius 1 is 0.880 bits per heavy atom. The highest BCUT2D eigenvalue weighted by atomic mass is 19.2. The van der Waals surface area contributed by atoms with Crippen molar-refractivity contribution >= 4 is 23.2 Å².